The summed E-state index contributed by atoms with van der Waals surface area (Å²) in [5, 5.41) is 2.51. The molecule has 0 aromatic heterocycles. The summed E-state index contributed by atoms with van der Waals surface area (Å²) in [4.78, 5) is 11.6. The number of fused-ring (bicyclic) bond motifs is 1. The predicted molar refractivity (Wildman–Crippen MR) is 87.6 cm³/mol. The van der Waals surface area contributed by atoms with Gasteiger partial charge in [-0.1, -0.05) is 62.2 Å². The van der Waals surface area contributed by atoms with Gasteiger partial charge >= 0.3 is 0 Å². The second kappa shape index (κ2) is 7.79. The normalized spacial score (nSPS) is 12.3. The maximum Gasteiger partial charge on any atom is 0.234 e. The first-order chi connectivity index (χ1) is 10.2. The van der Waals surface area contributed by atoms with Crippen LogP contribution in [0.3, 0.4) is 0 Å². The molecule has 0 saturated carbocycles. The fourth-order valence-corrected chi connectivity index (χ4v) is 2.79. The second-order valence-corrected chi connectivity index (χ2v) is 5.67. The standard InChI is InChI=1S/C18H24N2O/c1-2-3-6-14(13-18(21)20-19)11-15-9-10-16-7-4-5-8-17(16)12-15/h4-5,7-10,12,14H,2-3,6,11,13,19H2,1H3,(H,20,21)/t14-/m0/s1. The zero-order valence-corrected chi connectivity index (χ0v) is 12.6. The van der Waals surface area contributed by atoms with Gasteiger partial charge < -0.3 is 0 Å². The number of unbranched alkanes of at least 4 members (excludes halogenated alkanes) is 1. The SMILES string of the molecule is CCCC[C@H](CC(=O)NN)Cc1ccc2ccccc2c1. The second-order valence-electron chi connectivity index (χ2n) is 5.67. The van der Waals surface area contributed by atoms with Crippen LogP contribution in [0.25, 0.3) is 10.8 Å². The van der Waals surface area contributed by atoms with Gasteiger partial charge in [-0.3, -0.25) is 10.2 Å². The molecule has 0 radical (unpaired) electrons. The molecule has 2 aromatic carbocycles. The fraction of sp³-hybridized carbons (Fsp3) is 0.389. The van der Waals surface area contributed by atoms with Crippen molar-refractivity contribution in [2.45, 2.75) is 39.0 Å². The monoisotopic (exact) mass is 284 g/mol. The Morgan fingerprint density at radius 2 is 1.95 bits per heavy atom. The number of nitrogens with one attached hydrogen (secondary N) is 1. The quantitative estimate of drug-likeness (QED) is 0.464. The highest BCUT2D eigenvalue weighted by Gasteiger charge is 2.14. The van der Waals surface area contributed by atoms with Gasteiger partial charge in [0.2, 0.25) is 5.91 Å². The number of hydrogen-bond acceptors (Lipinski definition) is 2. The first-order valence-electron chi connectivity index (χ1n) is 7.70. The van der Waals surface area contributed by atoms with Gasteiger partial charge in [0.15, 0.2) is 0 Å². The number of nitrogens with two attached hydrogens (primary N) is 1. The van der Waals surface area contributed by atoms with Crippen LogP contribution in [0, 0.1) is 5.92 Å². The van der Waals surface area contributed by atoms with Gasteiger partial charge in [0, 0.05) is 6.42 Å². The number of carbonyl (C=O) groups is 1. The molecule has 112 valence electrons. The Bertz CT molecular complexity index is 595. The van der Waals surface area contributed by atoms with Gasteiger partial charge in [-0.25, -0.2) is 5.84 Å². The molecule has 3 nitrogen and oxygen atoms in total. The van der Waals surface area contributed by atoms with Crippen LogP contribution in [0.1, 0.15) is 38.2 Å². The lowest BCUT2D eigenvalue weighted by Gasteiger charge is -2.16. The minimum atomic E-state index is -0.0723. The van der Waals surface area contributed by atoms with Crippen LogP contribution in [-0.2, 0) is 11.2 Å². The van der Waals surface area contributed by atoms with E-state index in [9.17, 15) is 4.79 Å². The van der Waals surface area contributed by atoms with Crippen molar-refractivity contribution in [2.24, 2.45) is 11.8 Å². The van der Waals surface area contributed by atoms with E-state index < -0.39 is 0 Å². The Labute approximate surface area is 126 Å². The van der Waals surface area contributed by atoms with Gasteiger partial charge in [-0.2, -0.15) is 0 Å². The van der Waals surface area contributed by atoms with Crippen molar-refractivity contribution in [2.75, 3.05) is 0 Å². The highest BCUT2D eigenvalue weighted by Crippen LogP contribution is 2.22. The van der Waals surface area contributed by atoms with Gasteiger partial charge in [0.25, 0.3) is 0 Å². The van der Waals surface area contributed by atoms with E-state index in [4.69, 9.17) is 5.84 Å². The number of carbonyl (C=O) groups excluding carboxylic acids is 1. The lowest BCUT2D eigenvalue weighted by Crippen LogP contribution is -2.32. The Morgan fingerprint density at radius 1 is 1.19 bits per heavy atom. The van der Waals surface area contributed by atoms with Crippen molar-refractivity contribution in [3.05, 3.63) is 48.0 Å². The Hall–Kier alpha value is -1.87. The molecule has 0 spiro atoms. The summed E-state index contributed by atoms with van der Waals surface area (Å²) in [6, 6.07) is 14.9. The summed E-state index contributed by atoms with van der Waals surface area (Å²) in [6.45, 7) is 2.18. The van der Waals surface area contributed by atoms with Crippen molar-refractivity contribution in [3.8, 4) is 0 Å². The topological polar surface area (TPSA) is 55.1 Å². The molecule has 2 aromatic rings. The van der Waals surface area contributed by atoms with E-state index >= 15 is 0 Å². The minimum Gasteiger partial charge on any atom is -0.294 e. The fourth-order valence-electron chi connectivity index (χ4n) is 2.79. The van der Waals surface area contributed by atoms with E-state index in [1.807, 2.05) is 0 Å². The van der Waals surface area contributed by atoms with Crippen molar-refractivity contribution in [3.63, 3.8) is 0 Å². The average Bonchev–Trinajstić information content (AvgIpc) is 2.52. The van der Waals surface area contributed by atoms with Gasteiger partial charge in [0.1, 0.15) is 0 Å². The van der Waals surface area contributed by atoms with Crippen LogP contribution in [-0.4, -0.2) is 5.91 Å². The molecule has 0 unspecified atom stereocenters. The predicted octanol–water partition coefficient (Wildman–Crippen LogP) is 3.57. The first kappa shape index (κ1) is 15.5. The molecule has 1 atom stereocenters. The first-order valence-corrected chi connectivity index (χ1v) is 7.70. The van der Waals surface area contributed by atoms with Crippen LogP contribution >= 0.6 is 0 Å². The number of amides is 1. The van der Waals surface area contributed by atoms with Crippen molar-refractivity contribution >= 4 is 16.7 Å². The minimum absolute atomic E-state index is 0.0723. The van der Waals surface area contributed by atoms with Gasteiger partial charge in [-0.05, 0) is 35.1 Å². The summed E-state index contributed by atoms with van der Waals surface area (Å²) in [5.74, 6) is 5.50. The summed E-state index contributed by atoms with van der Waals surface area (Å²) in [7, 11) is 0. The molecule has 1 amide bonds. The third-order valence-electron chi connectivity index (χ3n) is 3.94. The number of hydrazine groups is 1. The molecule has 2 rings (SSSR count). The van der Waals surface area contributed by atoms with E-state index in [-0.39, 0.29) is 5.91 Å². The van der Waals surface area contributed by atoms with Crippen molar-refractivity contribution in [1.29, 1.82) is 0 Å². The molecule has 0 aliphatic heterocycles. The molecule has 0 aliphatic rings. The van der Waals surface area contributed by atoms with Crippen molar-refractivity contribution in [1.82, 2.24) is 5.43 Å². The third-order valence-corrected chi connectivity index (χ3v) is 3.94. The Balaban J connectivity index is 2.10. The maximum absolute atomic E-state index is 11.6. The molecule has 0 bridgehead atoms. The average molecular weight is 284 g/mol. The summed E-state index contributed by atoms with van der Waals surface area (Å²) in [6.07, 6.45) is 4.80. The highest BCUT2D eigenvalue weighted by molar-refractivity contribution is 5.83. The Kier molecular flexibility index (Phi) is 5.76. The van der Waals surface area contributed by atoms with Crippen LogP contribution in [0.5, 0.6) is 0 Å². The number of rotatable bonds is 7. The molecule has 21 heavy (non-hydrogen) atoms. The van der Waals surface area contributed by atoms with Crippen LogP contribution < -0.4 is 11.3 Å². The largest absolute Gasteiger partial charge is 0.294 e. The zero-order valence-electron chi connectivity index (χ0n) is 12.6. The molecule has 0 fully saturated rings. The molecule has 0 heterocycles. The molecule has 3 heteroatoms. The van der Waals surface area contributed by atoms with Crippen LogP contribution in [0.2, 0.25) is 0 Å². The highest BCUT2D eigenvalue weighted by atomic mass is 16.2. The van der Waals surface area contributed by atoms with Crippen LogP contribution in [0.4, 0.5) is 0 Å². The van der Waals surface area contributed by atoms with Gasteiger partial charge in [0.05, 0.1) is 0 Å². The molecular formula is C18H24N2O. The number of benzene rings is 2. The smallest absolute Gasteiger partial charge is 0.234 e. The molecular weight excluding hydrogens is 260 g/mol. The van der Waals surface area contributed by atoms with E-state index in [1.54, 1.807) is 0 Å². The van der Waals surface area contributed by atoms with E-state index in [2.05, 4.69) is 54.8 Å². The van der Waals surface area contributed by atoms with E-state index in [0.717, 1.165) is 25.7 Å². The molecule has 0 aliphatic carbocycles. The summed E-state index contributed by atoms with van der Waals surface area (Å²) in [5.41, 5.74) is 3.54. The number of hydrogen-bond donors (Lipinski definition) is 2. The van der Waals surface area contributed by atoms with Gasteiger partial charge in [-0.15, -0.1) is 0 Å². The molecule has 0 saturated heterocycles. The molecule has 3 N–H and O–H groups in total. The maximum atomic E-state index is 11.6. The Morgan fingerprint density at radius 3 is 2.67 bits per heavy atom. The van der Waals surface area contributed by atoms with Crippen molar-refractivity contribution < 1.29 is 4.79 Å². The lowest BCUT2D eigenvalue weighted by molar-refractivity contribution is -0.122. The van der Waals surface area contributed by atoms with E-state index in [0.29, 0.717) is 12.3 Å². The third kappa shape index (κ3) is 4.57. The van der Waals surface area contributed by atoms with Crippen LogP contribution in [0.15, 0.2) is 42.5 Å². The lowest BCUT2D eigenvalue weighted by atomic mass is 9.90. The zero-order chi connectivity index (χ0) is 15.1. The summed E-state index contributed by atoms with van der Waals surface area (Å²) >= 11 is 0. The summed E-state index contributed by atoms with van der Waals surface area (Å²) < 4.78 is 0. The van der Waals surface area contributed by atoms with E-state index in [1.165, 1.54) is 16.3 Å².